The number of hydrogen-bond donors (Lipinski definition) is 0. The van der Waals surface area contributed by atoms with Gasteiger partial charge in [0.15, 0.2) is 5.58 Å². The van der Waals surface area contributed by atoms with E-state index in [4.69, 9.17) is 9.40 Å². The number of rotatable bonds is 4. The fourth-order valence-electron chi connectivity index (χ4n) is 3.51. The third-order valence-electron chi connectivity index (χ3n) is 4.86. The lowest BCUT2D eigenvalue weighted by molar-refractivity contribution is 0.620. The Morgan fingerprint density at radius 3 is 2.10 bits per heavy atom. The summed E-state index contributed by atoms with van der Waals surface area (Å²) < 4.78 is 6.14. The summed E-state index contributed by atoms with van der Waals surface area (Å²) in [4.78, 5) is 4.77. The van der Waals surface area contributed by atoms with E-state index in [2.05, 4.69) is 88.1 Å². The summed E-state index contributed by atoms with van der Waals surface area (Å²) in [6, 6.07) is 35.7. The summed E-state index contributed by atoms with van der Waals surface area (Å²) in [7, 11) is 2.13. The molecule has 29 heavy (non-hydrogen) atoms. The van der Waals surface area contributed by atoms with Gasteiger partial charge in [-0.05, 0) is 47.3 Å². The molecule has 1 aromatic heterocycles. The summed E-state index contributed by atoms with van der Waals surface area (Å²) in [6.07, 6.45) is 0. The Labute approximate surface area is 173 Å². The standard InChI is InChI=1S/C25H19NOP2/c28-22-15-7-9-17-24(22)29(18-10-2-1-3-11-18)23-16-8-4-12-19(23)25-26-20-13-5-6-14-21(20)27-25/h1-17H,28H2. The Bertz CT molecular complexity index is 1250. The van der Waals surface area contributed by atoms with Crippen molar-refractivity contribution >= 4 is 49.5 Å². The molecular weight excluding hydrogens is 392 g/mol. The minimum absolute atomic E-state index is 0.673. The van der Waals surface area contributed by atoms with Crippen LogP contribution in [0, 0.1) is 0 Å². The molecular formula is C25H19NOP2. The highest BCUT2D eigenvalue weighted by Crippen LogP contribution is 2.37. The van der Waals surface area contributed by atoms with Gasteiger partial charge in [0.2, 0.25) is 5.89 Å². The molecule has 4 aromatic carbocycles. The number of para-hydroxylation sites is 2. The van der Waals surface area contributed by atoms with Crippen LogP contribution in [0.3, 0.4) is 0 Å². The first-order chi connectivity index (χ1) is 14.3. The molecule has 2 atom stereocenters. The number of nitrogens with zero attached hydrogens (tertiary/aromatic N) is 1. The van der Waals surface area contributed by atoms with Crippen LogP contribution in [0.15, 0.2) is 108 Å². The fraction of sp³-hybridized carbons (Fsp3) is 0. The van der Waals surface area contributed by atoms with E-state index in [1.807, 2.05) is 24.3 Å². The molecule has 140 valence electrons. The van der Waals surface area contributed by atoms with E-state index < -0.39 is 7.92 Å². The van der Waals surface area contributed by atoms with Crippen molar-refractivity contribution in [3.05, 3.63) is 103 Å². The van der Waals surface area contributed by atoms with E-state index in [1.165, 1.54) is 21.2 Å². The molecule has 0 bridgehead atoms. The molecule has 0 saturated heterocycles. The average Bonchev–Trinajstić information content (AvgIpc) is 3.21. The normalized spacial score (nSPS) is 12.2. The summed E-state index contributed by atoms with van der Waals surface area (Å²) in [6.45, 7) is 0. The first-order valence-electron chi connectivity index (χ1n) is 9.46. The number of benzene rings is 4. The van der Waals surface area contributed by atoms with Crippen LogP contribution in [-0.4, -0.2) is 4.98 Å². The van der Waals surface area contributed by atoms with Crippen molar-refractivity contribution in [1.29, 1.82) is 0 Å². The van der Waals surface area contributed by atoms with Gasteiger partial charge in [-0.2, -0.15) is 0 Å². The summed E-state index contributed by atoms with van der Waals surface area (Å²) in [5.74, 6) is 0.673. The zero-order chi connectivity index (χ0) is 19.6. The lowest BCUT2D eigenvalue weighted by atomic mass is 10.2. The maximum atomic E-state index is 6.14. The van der Waals surface area contributed by atoms with Gasteiger partial charge in [0.1, 0.15) is 5.52 Å². The van der Waals surface area contributed by atoms with E-state index >= 15 is 0 Å². The van der Waals surface area contributed by atoms with Crippen LogP contribution in [0.25, 0.3) is 22.6 Å². The quantitative estimate of drug-likeness (QED) is 0.399. The second kappa shape index (κ2) is 7.91. The van der Waals surface area contributed by atoms with Gasteiger partial charge >= 0.3 is 0 Å². The summed E-state index contributed by atoms with van der Waals surface area (Å²) in [5, 5.41) is 5.09. The monoisotopic (exact) mass is 411 g/mol. The smallest absolute Gasteiger partial charge is 0.227 e. The number of oxazole rings is 1. The van der Waals surface area contributed by atoms with E-state index in [1.54, 1.807) is 0 Å². The Morgan fingerprint density at radius 1 is 0.655 bits per heavy atom. The molecule has 2 nitrogen and oxygen atoms in total. The van der Waals surface area contributed by atoms with Crippen LogP contribution in [0.1, 0.15) is 0 Å². The van der Waals surface area contributed by atoms with Crippen molar-refractivity contribution in [3.8, 4) is 11.5 Å². The van der Waals surface area contributed by atoms with Crippen LogP contribution in [-0.2, 0) is 0 Å². The van der Waals surface area contributed by atoms with Crippen LogP contribution >= 0.6 is 17.2 Å². The molecule has 1 heterocycles. The molecule has 0 saturated carbocycles. The molecule has 0 spiro atoms. The van der Waals surface area contributed by atoms with E-state index in [-0.39, 0.29) is 0 Å². The molecule has 5 rings (SSSR count). The average molecular weight is 411 g/mol. The molecule has 0 N–H and O–H groups in total. The molecule has 0 aliphatic heterocycles. The van der Waals surface area contributed by atoms with Crippen molar-refractivity contribution in [1.82, 2.24) is 4.98 Å². The number of hydrogen-bond acceptors (Lipinski definition) is 2. The minimum atomic E-state index is -0.761. The Morgan fingerprint density at radius 2 is 1.31 bits per heavy atom. The van der Waals surface area contributed by atoms with Gasteiger partial charge in [-0.25, -0.2) is 4.98 Å². The third-order valence-corrected chi connectivity index (χ3v) is 8.18. The van der Waals surface area contributed by atoms with Crippen LogP contribution in [0.2, 0.25) is 0 Å². The van der Waals surface area contributed by atoms with Crippen molar-refractivity contribution in [3.63, 3.8) is 0 Å². The molecule has 4 heteroatoms. The molecule has 0 radical (unpaired) electrons. The molecule has 0 aliphatic rings. The Balaban J connectivity index is 1.75. The van der Waals surface area contributed by atoms with Gasteiger partial charge in [0.05, 0.1) is 0 Å². The van der Waals surface area contributed by atoms with Crippen LogP contribution < -0.4 is 21.2 Å². The van der Waals surface area contributed by atoms with Gasteiger partial charge in [-0.15, -0.1) is 9.24 Å². The summed E-state index contributed by atoms with van der Waals surface area (Å²) >= 11 is 0. The van der Waals surface area contributed by atoms with Gasteiger partial charge in [-0.1, -0.05) is 84.9 Å². The zero-order valence-corrected chi connectivity index (χ0v) is 17.7. The maximum Gasteiger partial charge on any atom is 0.227 e. The van der Waals surface area contributed by atoms with Crippen LogP contribution in [0.4, 0.5) is 0 Å². The van der Waals surface area contributed by atoms with Gasteiger partial charge in [0, 0.05) is 5.56 Å². The van der Waals surface area contributed by atoms with E-state index in [9.17, 15) is 0 Å². The largest absolute Gasteiger partial charge is 0.436 e. The maximum absolute atomic E-state index is 6.14. The van der Waals surface area contributed by atoms with Gasteiger partial charge in [-0.3, -0.25) is 0 Å². The second-order valence-electron chi connectivity index (χ2n) is 6.73. The van der Waals surface area contributed by atoms with Crippen molar-refractivity contribution in [2.45, 2.75) is 0 Å². The Kier molecular flexibility index (Phi) is 4.98. The summed E-state index contributed by atoms with van der Waals surface area (Å²) in [5.41, 5.74) is 2.74. The predicted molar refractivity (Wildman–Crippen MR) is 127 cm³/mol. The highest BCUT2D eigenvalue weighted by atomic mass is 31.1. The Hall–Kier alpha value is -2.79. The lowest BCUT2D eigenvalue weighted by Crippen LogP contribution is -2.28. The van der Waals surface area contributed by atoms with Gasteiger partial charge < -0.3 is 4.42 Å². The minimum Gasteiger partial charge on any atom is -0.436 e. The molecule has 0 aliphatic carbocycles. The highest BCUT2D eigenvalue weighted by Gasteiger charge is 2.23. The second-order valence-corrected chi connectivity index (χ2v) is 9.51. The SMILES string of the molecule is Pc1ccccc1P(c1ccccc1)c1ccccc1-c1nc2ccccc2o1. The first-order valence-corrected chi connectivity index (χ1v) is 11.4. The topological polar surface area (TPSA) is 26.0 Å². The zero-order valence-electron chi connectivity index (χ0n) is 15.7. The number of fused-ring (bicyclic) bond motifs is 1. The molecule has 5 aromatic rings. The highest BCUT2D eigenvalue weighted by molar-refractivity contribution is 7.80. The third kappa shape index (κ3) is 3.51. The molecule has 0 fully saturated rings. The van der Waals surface area contributed by atoms with E-state index in [0.717, 1.165) is 16.7 Å². The van der Waals surface area contributed by atoms with Gasteiger partial charge in [0.25, 0.3) is 0 Å². The fourth-order valence-corrected chi connectivity index (χ4v) is 6.61. The number of aromatic nitrogens is 1. The van der Waals surface area contributed by atoms with Crippen molar-refractivity contribution in [2.24, 2.45) is 0 Å². The van der Waals surface area contributed by atoms with Crippen molar-refractivity contribution in [2.75, 3.05) is 0 Å². The van der Waals surface area contributed by atoms with E-state index in [0.29, 0.717) is 5.89 Å². The first kappa shape index (κ1) is 18.3. The molecule has 0 amide bonds. The predicted octanol–water partition coefficient (Wildman–Crippen LogP) is 4.75. The van der Waals surface area contributed by atoms with Crippen molar-refractivity contribution < 1.29 is 4.42 Å². The molecule has 2 unspecified atom stereocenters. The lowest BCUT2D eigenvalue weighted by Gasteiger charge is -2.22. The van der Waals surface area contributed by atoms with Crippen LogP contribution in [0.5, 0.6) is 0 Å².